The first-order chi connectivity index (χ1) is 21.2. The van der Waals surface area contributed by atoms with Gasteiger partial charge in [0.15, 0.2) is 12.5 Å². The van der Waals surface area contributed by atoms with Crippen LogP contribution >= 0.6 is 23.2 Å². The van der Waals surface area contributed by atoms with Crippen LogP contribution in [0.25, 0.3) is 0 Å². The van der Waals surface area contributed by atoms with Crippen molar-refractivity contribution in [2.45, 2.75) is 75.8 Å². The van der Waals surface area contributed by atoms with E-state index in [0.717, 1.165) is 37.8 Å². The fourth-order valence-corrected chi connectivity index (χ4v) is 5.64. The fourth-order valence-electron chi connectivity index (χ4n) is 5.33. The molecule has 244 valence electrons. The lowest BCUT2D eigenvalue weighted by Crippen LogP contribution is -2.47. The Morgan fingerprint density at radius 1 is 1.00 bits per heavy atom. The van der Waals surface area contributed by atoms with E-state index in [2.05, 4.69) is 0 Å². The summed E-state index contributed by atoms with van der Waals surface area (Å²) in [5.74, 6) is -2.49. The van der Waals surface area contributed by atoms with Crippen LogP contribution in [-0.4, -0.2) is 30.0 Å². The lowest BCUT2D eigenvalue weighted by Gasteiger charge is -2.38. The molecule has 1 aliphatic carbocycles. The Hall–Kier alpha value is -3.45. The van der Waals surface area contributed by atoms with Crippen molar-refractivity contribution in [3.8, 4) is 11.5 Å². The predicted molar refractivity (Wildman–Crippen MR) is 158 cm³/mol. The third kappa shape index (κ3) is 9.52. The van der Waals surface area contributed by atoms with Gasteiger partial charge in [-0.15, -0.1) is 0 Å². The zero-order valence-corrected chi connectivity index (χ0v) is 25.7. The summed E-state index contributed by atoms with van der Waals surface area (Å²) in [4.78, 5) is 25.2. The second-order valence-corrected chi connectivity index (χ2v) is 11.8. The summed E-state index contributed by atoms with van der Waals surface area (Å²) in [6, 6.07) is 10.6. The van der Waals surface area contributed by atoms with E-state index in [4.69, 9.17) is 58.0 Å². The standard InChI is InChI=1S/C31H33Cl2F3N2O7/c1-30(19-5-2-3-6-19,45-25-14-21(32)9-10-23(25)33)16-27(38)44-29(40)28(39)43-26(37)15-24(18-11-12-41-17-18)42-22-8-4-7-20(13-22)31(34,35)36/h4,7-14,17,19,24,26-27H,2-3,5-6,15-16,37-38H2,1H3. The van der Waals surface area contributed by atoms with Crippen molar-refractivity contribution in [1.82, 2.24) is 0 Å². The van der Waals surface area contributed by atoms with Crippen LogP contribution in [0, 0.1) is 5.92 Å². The molecule has 3 aromatic rings. The summed E-state index contributed by atoms with van der Waals surface area (Å²) in [7, 11) is 0. The van der Waals surface area contributed by atoms with Crippen molar-refractivity contribution < 1.29 is 46.1 Å². The van der Waals surface area contributed by atoms with Crippen molar-refractivity contribution in [2.24, 2.45) is 17.4 Å². The number of nitrogens with two attached hydrogens (primary N) is 2. The number of halogens is 5. The van der Waals surface area contributed by atoms with Crippen molar-refractivity contribution >= 4 is 35.1 Å². The highest BCUT2D eigenvalue weighted by atomic mass is 35.5. The first-order valence-electron chi connectivity index (χ1n) is 14.2. The molecule has 4 atom stereocenters. The van der Waals surface area contributed by atoms with E-state index < -0.39 is 47.8 Å². The van der Waals surface area contributed by atoms with Gasteiger partial charge in [-0.1, -0.05) is 42.1 Å². The lowest BCUT2D eigenvalue weighted by molar-refractivity contribution is -0.176. The van der Waals surface area contributed by atoms with Crippen LogP contribution in [0.2, 0.25) is 10.0 Å². The van der Waals surface area contributed by atoms with E-state index in [0.29, 0.717) is 21.4 Å². The predicted octanol–water partition coefficient (Wildman–Crippen LogP) is 7.19. The zero-order chi connectivity index (χ0) is 32.8. The Morgan fingerprint density at radius 2 is 1.69 bits per heavy atom. The Bertz CT molecular complexity index is 1450. The second-order valence-electron chi connectivity index (χ2n) is 11.0. The molecule has 9 nitrogen and oxygen atoms in total. The number of ether oxygens (including phenoxy) is 4. The molecule has 1 aliphatic rings. The molecule has 2 aromatic carbocycles. The number of hydrogen-bond acceptors (Lipinski definition) is 9. The number of rotatable bonds is 12. The van der Waals surface area contributed by atoms with E-state index >= 15 is 0 Å². The summed E-state index contributed by atoms with van der Waals surface area (Å²) < 4.78 is 66.9. The maximum Gasteiger partial charge on any atom is 0.419 e. The minimum absolute atomic E-state index is 0.0268. The highest BCUT2D eigenvalue weighted by molar-refractivity contribution is 6.34. The van der Waals surface area contributed by atoms with E-state index in [1.807, 2.05) is 6.92 Å². The summed E-state index contributed by atoms with van der Waals surface area (Å²) in [6.45, 7) is 1.84. The topological polar surface area (TPSA) is 136 Å². The van der Waals surface area contributed by atoms with Crippen LogP contribution in [-0.2, 0) is 25.2 Å². The lowest BCUT2D eigenvalue weighted by atomic mass is 9.84. The van der Waals surface area contributed by atoms with Crippen molar-refractivity contribution in [3.05, 3.63) is 82.2 Å². The quantitative estimate of drug-likeness (QED) is 0.116. The fraction of sp³-hybridized carbons (Fsp3) is 0.419. The molecule has 4 rings (SSSR count). The van der Waals surface area contributed by atoms with Crippen molar-refractivity contribution in [2.75, 3.05) is 0 Å². The number of esters is 2. The molecule has 0 amide bonds. The summed E-state index contributed by atoms with van der Waals surface area (Å²) in [5.41, 5.74) is 10.7. The number of benzene rings is 2. The number of carbonyl (C=O) groups excluding carboxylic acids is 2. The smallest absolute Gasteiger partial charge is 0.419 e. The minimum atomic E-state index is -4.58. The van der Waals surface area contributed by atoms with Crippen LogP contribution in [0.5, 0.6) is 11.5 Å². The van der Waals surface area contributed by atoms with E-state index in [1.165, 1.54) is 30.7 Å². The zero-order valence-electron chi connectivity index (χ0n) is 24.2. The Labute approximate surface area is 267 Å². The molecule has 0 saturated heterocycles. The normalized spacial score (nSPS) is 17.2. The maximum absolute atomic E-state index is 13.2. The van der Waals surface area contributed by atoms with Crippen LogP contribution < -0.4 is 20.9 Å². The van der Waals surface area contributed by atoms with Crippen LogP contribution in [0.15, 0.2) is 65.5 Å². The number of alkyl halides is 3. The van der Waals surface area contributed by atoms with Crippen molar-refractivity contribution in [3.63, 3.8) is 0 Å². The molecule has 1 saturated carbocycles. The molecule has 45 heavy (non-hydrogen) atoms. The molecule has 1 fully saturated rings. The van der Waals surface area contributed by atoms with Gasteiger partial charge in [0, 0.05) is 29.5 Å². The second kappa shape index (κ2) is 14.8. The van der Waals surface area contributed by atoms with E-state index in [9.17, 15) is 22.8 Å². The van der Waals surface area contributed by atoms with E-state index in [-0.39, 0.29) is 24.5 Å². The molecule has 0 spiro atoms. The molecular weight excluding hydrogens is 640 g/mol. The van der Waals surface area contributed by atoms with Gasteiger partial charge in [-0.25, -0.2) is 9.59 Å². The van der Waals surface area contributed by atoms with Gasteiger partial charge >= 0.3 is 18.1 Å². The first-order valence-corrected chi connectivity index (χ1v) is 14.9. The molecule has 4 N–H and O–H groups in total. The number of carbonyl (C=O) groups is 2. The van der Waals surface area contributed by atoms with Gasteiger partial charge in [0.1, 0.15) is 23.2 Å². The maximum atomic E-state index is 13.2. The molecular formula is C31H33Cl2F3N2O7. The largest absolute Gasteiger partial charge is 0.485 e. The molecule has 0 bridgehead atoms. The highest BCUT2D eigenvalue weighted by Crippen LogP contribution is 2.42. The third-order valence-electron chi connectivity index (χ3n) is 7.55. The van der Waals surface area contributed by atoms with Crippen LogP contribution in [0.3, 0.4) is 0 Å². The van der Waals surface area contributed by atoms with Gasteiger partial charge in [0.05, 0.1) is 23.1 Å². The van der Waals surface area contributed by atoms with Gasteiger partial charge in [-0.3, -0.25) is 11.5 Å². The van der Waals surface area contributed by atoms with Crippen LogP contribution in [0.1, 0.15) is 62.7 Å². The Balaban J connectivity index is 1.37. The van der Waals surface area contributed by atoms with Crippen molar-refractivity contribution in [1.29, 1.82) is 0 Å². The van der Waals surface area contributed by atoms with Crippen LogP contribution in [0.4, 0.5) is 13.2 Å². The summed E-state index contributed by atoms with van der Waals surface area (Å²) >= 11 is 12.5. The summed E-state index contributed by atoms with van der Waals surface area (Å²) in [5, 5.41) is 0.769. The number of hydrogen-bond donors (Lipinski definition) is 2. The molecule has 4 unspecified atom stereocenters. The van der Waals surface area contributed by atoms with Gasteiger partial charge in [0.25, 0.3) is 0 Å². The summed E-state index contributed by atoms with van der Waals surface area (Å²) in [6.07, 6.45) is -2.13. The van der Waals surface area contributed by atoms with Gasteiger partial charge < -0.3 is 23.4 Å². The Kier molecular flexibility index (Phi) is 11.3. The van der Waals surface area contributed by atoms with E-state index in [1.54, 1.807) is 18.2 Å². The molecule has 1 heterocycles. The monoisotopic (exact) mass is 672 g/mol. The molecule has 1 aromatic heterocycles. The third-order valence-corrected chi connectivity index (χ3v) is 8.09. The average Bonchev–Trinajstić information content (AvgIpc) is 3.70. The highest BCUT2D eigenvalue weighted by Gasteiger charge is 2.41. The first kappa shape index (κ1) is 34.4. The molecule has 0 aliphatic heterocycles. The SMILES string of the molecule is CC(CC(N)OC(=O)C(=O)OC(N)CC(Oc1cccc(C(F)(F)F)c1)c1ccoc1)(Oc1cc(Cl)ccc1Cl)C1CCCC1. The Morgan fingerprint density at radius 3 is 2.33 bits per heavy atom. The average molecular weight is 674 g/mol. The molecule has 14 heteroatoms. The number of furan rings is 1. The minimum Gasteiger partial charge on any atom is -0.485 e. The van der Waals surface area contributed by atoms with Gasteiger partial charge in [-0.05, 0) is 62.1 Å². The van der Waals surface area contributed by atoms with Gasteiger partial charge in [0.2, 0.25) is 0 Å². The van der Waals surface area contributed by atoms with Gasteiger partial charge in [-0.2, -0.15) is 13.2 Å². The molecule has 0 radical (unpaired) electrons.